The molecule has 0 radical (unpaired) electrons. The Hall–Kier alpha value is -2.20. The molecule has 0 saturated heterocycles. The number of phenols is 1. The second kappa shape index (κ2) is 5.30. The monoisotopic (exact) mass is 303 g/mol. The number of phenolic OH excluding ortho intramolecular Hbond substituents is 1. The van der Waals surface area contributed by atoms with Crippen LogP contribution in [0.3, 0.4) is 0 Å². The molecule has 2 aromatic rings. The van der Waals surface area contributed by atoms with Crippen LogP contribution in [0, 0.1) is 6.92 Å². The zero-order valence-corrected chi connectivity index (χ0v) is 12.1. The second-order valence-corrected chi connectivity index (χ2v) is 5.41. The first-order valence-corrected chi connectivity index (χ1v) is 6.97. The molecule has 1 unspecified atom stereocenters. The Labute approximate surface area is 127 Å². The lowest BCUT2D eigenvalue weighted by Gasteiger charge is -2.26. The number of hydrogen-bond donors (Lipinski definition) is 2. The van der Waals surface area contributed by atoms with Crippen LogP contribution in [0.25, 0.3) is 0 Å². The van der Waals surface area contributed by atoms with E-state index in [0.717, 1.165) is 11.1 Å². The van der Waals surface area contributed by atoms with Gasteiger partial charge in [0.25, 0.3) is 5.91 Å². The molecule has 0 aliphatic carbocycles. The molecule has 21 heavy (non-hydrogen) atoms. The van der Waals surface area contributed by atoms with Crippen LogP contribution in [-0.4, -0.2) is 17.1 Å². The van der Waals surface area contributed by atoms with Gasteiger partial charge >= 0.3 is 0 Å². The van der Waals surface area contributed by atoms with Gasteiger partial charge in [-0.05, 0) is 36.2 Å². The minimum Gasteiger partial charge on any atom is -0.508 e. The molecule has 4 nitrogen and oxygen atoms in total. The fourth-order valence-electron chi connectivity index (χ4n) is 2.34. The molecule has 3 rings (SSSR count). The van der Waals surface area contributed by atoms with Crippen LogP contribution in [0.2, 0.25) is 5.02 Å². The van der Waals surface area contributed by atoms with Gasteiger partial charge in [-0.15, -0.1) is 0 Å². The Balaban J connectivity index is 1.87. The molecule has 108 valence electrons. The number of hydrogen-bond acceptors (Lipinski definition) is 3. The minimum atomic E-state index is -0.642. The van der Waals surface area contributed by atoms with Crippen LogP contribution in [0.4, 0.5) is 5.69 Å². The van der Waals surface area contributed by atoms with Crippen LogP contribution >= 0.6 is 11.6 Å². The summed E-state index contributed by atoms with van der Waals surface area (Å²) < 4.78 is 5.71. The number of ether oxygens (including phenoxy) is 1. The van der Waals surface area contributed by atoms with Crippen LogP contribution in [0.15, 0.2) is 36.4 Å². The fraction of sp³-hybridized carbons (Fsp3) is 0.188. The average Bonchev–Trinajstić information content (AvgIpc) is 2.45. The van der Waals surface area contributed by atoms with Crippen molar-refractivity contribution in [2.75, 3.05) is 5.32 Å². The lowest BCUT2D eigenvalue weighted by Crippen LogP contribution is -2.38. The molecule has 1 amide bonds. The Morgan fingerprint density at radius 2 is 2.14 bits per heavy atom. The van der Waals surface area contributed by atoms with E-state index in [4.69, 9.17) is 16.3 Å². The number of fused-ring (bicyclic) bond motifs is 1. The van der Waals surface area contributed by atoms with Crippen molar-refractivity contribution in [1.82, 2.24) is 0 Å². The van der Waals surface area contributed by atoms with Crippen LogP contribution in [0.5, 0.6) is 11.5 Å². The normalized spacial score (nSPS) is 16.9. The van der Waals surface area contributed by atoms with Gasteiger partial charge in [0, 0.05) is 17.5 Å². The summed E-state index contributed by atoms with van der Waals surface area (Å²) in [7, 11) is 0. The summed E-state index contributed by atoms with van der Waals surface area (Å²) in [5.41, 5.74) is 2.47. The SMILES string of the molecule is Cc1c(Cl)cccc1CC1Oc2cc(O)ccc2NC1=O. The molecule has 1 atom stereocenters. The quantitative estimate of drug-likeness (QED) is 0.837. The Morgan fingerprint density at radius 3 is 2.95 bits per heavy atom. The van der Waals surface area contributed by atoms with Crippen molar-refractivity contribution in [2.45, 2.75) is 19.4 Å². The molecule has 2 aromatic carbocycles. The number of benzene rings is 2. The molecule has 2 N–H and O–H groups in total. The molecular weight excluding hydrogens is 290 g/mol. The number of aromatic hydroxyl groups is 1. The molecule has 1 aliphatic rings. The maximum Gasteiger partial charge on any atom is 0.265 e. The molecular formula is C16H14ClNO3. The Kier molecular flexibility index (Phi) is 3.47. The number of carbonyl (C=O) groups excluding carboxylic acids is 1. The number of amides is 1. The predicted octanol–water partition coefficient (Wildman–Crippen LogP) is 3.30. The number of anilines is 1. The first-order valence-electron chi connectivity index (χ1n) is 6.59. The van der Waals surface area contributed by atoms with Gasteiger partial charge in [0.05, 0.1) is 5.69 Å². The minimum absolute atomic E-state index is 0.0996. The van der Waals surface area contributed by atoms with E-state index in [1.54, 1.807) is 6.07 Å². The molecule has 0 saturated carbocycles. The Morgan fingerprint density at radius 1 is 1.33 bits per heavy atom. The van der Waals surface area contributed by atoms with Crippen molar-refractivity contribution in [3.8, 4) is 11.5 Å². The molecule has 1 aliphatic heterocycles. The summed E-state index contributed by atoms with van der Waals surface area (Å²) in [5, 5.41) is 13.0. The summed E-state index contributed by atoms with van der Waals surface area (Å²) in [4.78, 5) is 12.1. The molecule has 0 bridgehead atoms. The highest BCUT2D eigenvalue weighted by Gasteiger charge is 2.28. The number of nitrogens with one attached hydrogen (secondary N) is 1. The highest BCUT2D eigenvalue weighted by atomic mass is 35.5. The Bertz CT molecular complexity index is 715. The van der Waals surface area contributed by atoms with Crippen molar-refractivity contribution in [2.24, 2.45) is 0 Å². The molecule has 0 fully saturated rings. The largest absolute Gasteiger partial charge is 0.508 e. The molecule has 1 heterocycles. The molecule has 5 heteroatoms. The standard InChI is InChI=1S/C16H14ClNO3/c1-9-10(3-2-4-12(9)17)7-15-16(20)18-13-6-5-11(19)8-14(13)21-15/h2-6,8,15,19H,7H2,1H3,(H,18,20). The zero-order chi connectivity index (χ0) is 15.0. The van der Waals surface area contributed by atoms with Crippen molar-refractivity contribution >= 4 is 23.2 Å². The molecule has 0 aromatic heterocycles. The highest BCUT2D eigenvalue weighted by molar-refractivity contribution is 6.31. The maximum atomic E-state index is 12.1. The van der Waals surface area contributed by atoms with E-state index in [2.05, 4.69) is 5.32 Å². The molecule has 0 spiro atoms. The van der Waals surface area contributed by atoms with Crippen molar-refractivity contribution in [3.63, 3.8) is 0 Å². The average molecular weight is 304 g/mol. The first-order chi connectivity index (χ1) is 10.0. The lowest BCUT2D eigenvalue weighted by molar-refractivity contribution is -0.123. The van der Waals surface area contributed by atoms with Crippen LogP contribution in [0.1, 0.15) is 11.1 Å². The third kappa shape index (κ3) is 2.67. The number of halogens is 1. The summed E-state index contributed by atoms with van der Waals surface area (Å²) in [6.07, 6.45) is -0.218. The second-order valence-electron chi connectivity index (χ2n) is 5.00. The van der Waals surface area contributed by atoms with Crippen LogP contribution < -0.4 is 10.1 Å². The van der Waals surface area contributed by atoms with E-state index in [0.29, 0.717) is 22.9 Å². The van der Waals surface area contributed by atoms with E-state index >= 15 is 0 Å². The van der Waals surface area contributed by atoms with Gasteiger partial charge in [-0.3, -0.25) is 4.79 Å². The summed E-state index contributed by atoms with van der Waals surface area (Å²) in [6, 6.07) is 10.2. The van der Waals surface area contributed by atoms with Crippen LogP contribution in [-0.2, 0) is 11.2 Å². The van der Waals surface area contributed by atoms with Gasteiger partial charge in [-0.25, -0.2) is 0 Å². The lowest BCUT2D eigenvalue weighted by atomic mass is 10.0. The van der Waals surface area contributed by atoms with E-state index < -0.39 is 6.10 Å². The topological polar surface area (TPSA) is 58.6 Å². The fourth-order valence-corrected chi connectivity index (χ4v) is 2.53. The summed E-state index contributed by atoms with van der Waals surface area (Å²) in [5.74, 6) is 0.370. The van der Waals surface area contributed by atoms with Crippen molar-refractivity contribution in [3.05, 3.63) is 52.5 Å². The number of rotatable bonds is 2. The van der Waals surface area contributed by atoms with Gasteiger partial charge in [0.15, 0.2) is 6.10 Å². The van der Waals surface area contributed by atoms with Gasteiger partial charge in [-0.2, -0.15) is 0 Å². The summed E-state index contributed by atoms with van der Waals surface area (Å²) in [6.45, 7) is 1.91. The number of carbonyl (C=O) groups is 1. The van der Waals surface area contributed by atoms with E-state index in [-0.39, 0.29) is 11.7 Å². The predicted molar refractivity (Wildman–Crippen MR) is 81.0 cm³/mol. The zero-order valence-electron chi connectivity index (χ0n) is 11.4. The van der Waals surface area contributed by atoms with E-state index in [1.165, 1.54) is 12.1 Å². The smallest absolute Gasteiger partial charge is 0.265 e. The maximum absolute atomic E-state index is 12.1. The van der Waals surface area contributed by atoms with Gasteiger partial charge in [0.2, 0.25) is 0 Å². The third-order valence-electron chi connectivity index (χ3n) is 3.57. The van der Waals surface area contributed by atoms with Gasteiger partial charge < -0.3 is 15.2 Å². The van der Waals surface area contributed by atoms with Gasteiger partial charge in [0.1, 0.15) is 11.5 Å². The van der Waals surface area contributed by atoms with E-state index in [1.807, 2.05) is 25.1 Å². The van der Waals surface area contributed by atoms with Crippen molar-refractivity contribution in [1.29, 1.82) is 0 Å². The third-order valence-corrected chi connectivity index (χ3v) is 3.98. The van der Waals surface area contributed by atoms with Gasteiger partial charge in [-0.1, -0.05) is 23.7 Å². The highest BCUT2D eigenvalue weighted by Crippen LogP contribution is 2.33. The van der Waals surface area contributed by atoms with Crippen molar-refractivity contribution < 1.29 is 14.6 Å². The van der Waals surface area contributed by atoms with E-state index in [9.17, 15) is 9.90 Å². The summed E-state index contributed by atoms with van der Waals surface area (Å²) >= 11 is 6.10. The first kappa shape index (κ1) is 13.8.